The summed E-state index contributed by atoms with van der Waals surface area (Å²) < 4.78 is 31.5. The molecule has 8 nitrogen and oxygen atoms in total. The molecule has 0 bridgehead atoms. The minimum Gasteiger partial charge on any atom is -0.380 e. The number of carbonyl (C=O) groups excluding carboxylic acids is 1. The standard InChI is InChI=1S/C13H16N2O6S/c1-21-12-8-11(16)6-7-14(9-12)22(19,20)13-4-2-10(3-5-13)15(17)18/h2-5,12H,6-9H2,1H3. The van der Waals surface area contributed by atoms with Gasteiger partial charge < -0.3 is 4.74 Å². The summed E-state index contributed by atoms with van der Waals surface area (Å²) in [5, 5.41) is 10.6. The molecule has 1 aliphatic heterocycles. The Morgan fingerprint density at radius 3 is 2.50 bits per heavy atom. The summed E-state index contributed by atoms with van der Waals surface area (Å²) in [5.41, 5.74) is -0.181. The first-order chi connectivity index (χ1) is 10.3. The highest BCUT2D eigenvalue weighted by atomic mass is 32.2. The van der Waals surface area contributed by atoms with E-state index in [1.165, 1.54) is 23.5 Å². The molecule has 0 spiro atoms. The van der Waals surface area contributed by atoms with E-state index in [-0.39, 0.29) is 42.3 Å². The number of hydrogen-bond donors (Lipinski definition) is 0. The highest BCUT2D eigenvalue weighted by Crippen LogP contribution is 2.22. The summed E-state index contributed by atoms with van der Waals surface area (Å²) in [4.78, 5) is 21.6. The first-order valence-corrected chi connectivity index (χ1v) is 8.07. The lowest BCUT2D eigenvalue weighted by Crippen LogP contribution is -2.37. The molecule has 0 radical (unpaired) electrons. The van der Waals surface area contributed by atoms with Crippen LogP contribution < -0.4 is 0 Å². The number of rotatable bonds is 4. The number of carbonyl (C=O) groups is 1. The van der Waals surface area contributed by atoms with Crippen molar-refractivity contribution in [1.29, 1.82) is 0 Å². The van der Waals surface area contributed by atoms with Gasteiger partial charge in [-0.3, -0.25) is 14.9 Å². The fourth-order valence-electron chi connectivity index (χ4n) is 2.25. The Morgan fingerprint density at radius 2 is 1.95 bits per heavy atom. The van der Waals surface area contributed by atoms with E-state index in [4.69, 9.17) is 4.74 Å². The van der Waals surface area contributed by atoms with Crippen molar-refractivity contribution in [3.8, 4) is 0 Å². The highest BCUT2D eigenvalue weighted by Gasteiger charge is 2.31. The first kappa shape index (κ1) is 16.5. The molecule has 0 aliphatic carbocycles. The summed E-state index contributed by atoms with van der Waals surface area (Å²) in [6, 6.07) is 4.68. The molecule has 9 heteroatoms. The average Bonchev–Trinajstić information content (AvgIpc) is 2.69. The Morgan fingerprint density at radius 1 is 1.32 bits per heavy atom. The van der Waals surface area contributed by atoms with Crippen LogP contribution in [0.15, 0.2) is 29.2 Å². The van der Waals surface area contributed by atoms with Crippen LogP contribution in [0.25, 0.3) is 0 Å². The lowest BCUT2D eigenvalue weighted by molar-refractivity contribution is -0.384. The van der Waals surface area contributed by atoms with Crippen molar-refractivity contribution in [1.82, 2.24) is 4.31 Å². The number of non-ortho nitro benzene ring substituents is 1. The number of nitro groups is 1. The number of hydrogen-bond acceptors (Lipinski definition) is 6. The number of nitro benzene ring substituents is 1. The number of ketones is 1. The molecule has 2 rings (SSSR count). The monoisotopic (exact) mass is 328 g/mol. The maximum Gasteiger partial charge on any atom is 0.269 e. The van der Waals surface area contributed by atoms with E-state index in [0.717, 1.165) is 12.1 Å². The smallest absolute Gasteiger partial charge is 0.269 e. The molecular weight excluding hydrogens is 312 g/mol. The van der Waals surface area contributed by atoms with Crippen molar-refractivity contribution in [2.45, 2.75) is 23.8 Å². The molecule has 0 amide bonds. The lowest BCUT2D eigenvalue weighted by Gasteiger charge is -2.22. The molecular formula is C13H16N2O6S. The lowest BCUT2D eigenvalue weighted by atomic mass is 10.2. The SMILES string of the molecule is COC1CC(=O)CCN(S(=O)(=O)c2ccc([N+](=O)[O-])cc2)C1. The van der Waals surface area contributed by atoms with Crippen LogP contribution in [-0.2, 0) is 19.6 Å². The molecule has 1 atom stereocenters. The summed E-state index contributed by atoms with van der Waals surface area (Å²) >= 11 is 0. The minimum atomic E-state index is -3.82. The van der Waals surface area contributed by atoms with Gasteiger partial charge in [-0.15, -0.1) is 0 Å². The van der Waals surface area contributed by atoms with Gasteiger partial charge in [0.05, 0.1) is 15.9 Å². The molecule has 120 valence electrons. The van der Waals surface area contributed by atoms with Gasteiger partial charge >= 0.3 is 0 Å². The van der Waals surface area contributed by atoms with Crippen LogP contribution in [-0.4, -0.2) is 49.7 Å². The van der Waals surface area contributed by atoms with Gasteiger partial charge in [0.1, 0.15) is 5.78 Å². The van der Waals surface area contributed by atoms with Crippen LogP contribution in [0, 0.1) is 10.1 Å². The highest BCUT2D eigenvalue weighted by molar-refractivity contribution is 7.89. The van der Waals surface area contributed by atoms with Gasteiger partial charge in [-0.25, -0.2) is 8.42 Å². The van der Waals surface area contributed by atoms with Gasteiger partial charge in [0, 0.05) is 45.2 Å². The Balaban J connectivity index is 2.28. The van der Waals surface area contributed by atoms with Crippen LogP contribution in [0.4, 0.5) is 5.69 Å². The van der Waals surface area contributed by atoms with Crippen molar-refractivity contribution < 1.29 is 22.9 Å². The molecule has 1 fully saturated rings. The van der Waals surface area contributed by atoms with Crippen LogP contribution in [0.2, 0.25) is 0 Å². The number of benzene rings is 1. The van der Waals surface area contributed by atoms with Gasteiger partial charge in [-0.05, 0) is 12.1 Å². The predicted octanol–water partition coefficient (Wildman–Crippen LogP) is 0.963. The van der Waals surface area contributed by atoms with E-state index < -0.39 is 21.1 Å². The Hall–Kier alpha value is -1.84. The minimum absolute atomic E-state index is 0.0395. The molecule has 0 aromatic heterocycles. The van der Waals surface area contributed by atoms with E-state index >= 15 is 0 Å². The molecule has 1 aromatic rings. The van der Waals surface area contributed by atoms with Crippen molar-refractivity contribution >= 4 is 21.5 Å². The number of Topliss-reactive ketones (excluding diaryl/α,β-unsaturated/α-hetero) is 1. The fraction of sp³-hybridized carbons (Fsp3) is 0.462. The Kier molecular flexibility index (Phi) is 4.89. The van der Waals surface area contributed by atoms with Crippen LogP contribution in [0.5, 0.6) is 0 Å². The molecule has 0 N–H and O–H groups in total. The number of sulfonamides is 1. The molecule has 22 heavy (non-hydrogen) atoms. The number of methoxy groups -OCH3 is 1. The quantitative estimate of drug-likeness (QED) is 0.602. The van der Waals surface area contributed by atoms with Crippen LogP contribution in [0.1, 0.15) is 12.8 Å². The van der Waals surface area contributed by atoms with E-state index in [1.807, 2.05) is 0 Å². The van der Waals surface area contributed by atoms with Gasteiger partial charge in [0.15, 0.2) is 0 Å². The topological polar surface area (TPSA) is 107 Å². The second-order valence-corrected chi connectivity index (χ2v) is 6.90. The third kappa shape index (κ3) is 3.49. The Bertz CT molecular complexity index is 670. The zero-order valence-corrected chi connectivity index (χ0v) is 12.8. The van der Waals surface area contributed by atoms with Crippen molar-refractivity contribution in [3.63, 3.8) is 0 Å². The molecule has 1 aromatic carbocycles. The van der Waals surface area contributed by atoms with E-state index in [2.05, 4.69) is 0 Å². The second kappa shape index (κ2) is 6.51. The summed E-state index contributed by atoms with van der Waals surface area (Å²) in [5.74, 6) is -0.0479. The van der Waals surface area contributed by atoms with Gasteiger partial charge in [0.2, 0.25) is 10.0 Å². The van der Waals surface area contributed by atoms with Gasteiger partial charge in [-0.2, -0.15) is 4.31 Å². The fourth-order valence-corrected chi connectivity index (χ4v) is 3.73. The first-order valence-electron chi connectivity index (χ1n) is 6.63. The van der Waals surface area contributed by atoms with Crippen molar-refractivity contribution in [2.75, 3.05) is 20.2 Å². The second-order valence-electron chi connectivity index (χ2n) is 4.96. The van der Waals surface area contributed by atoms with Crippen LogP contribution >= 0.6 is 0 Å². The number of ether oxygens (including phenoxy) is 1. The molecule has 1 aliphatic rings. The molecule has 0 saturated carbocycles. The Labute approximate surface area is 127 Å². The summed E-state index contributed by atoms with van der Waals surface area (Å²) in [6.07, 6.45) is -0.169. The maximum atomic E-state index is 12.6. The van der Waals surface area contributed by atoms with Crippen molar-refractivity contribution in [2.24, 2.45) is 0 Å². The largest absolute Gasteiger partial charge is 0.380 e. The number of nitrogens with zero attached hydrogens (tertiary/aromatic N) is 2. The summed E-state index contributed by atoms with van der Waals surface area (Å²) in [7, 11) is -2.39. The van der Waals surface area contributed by atoms with E-state index in [0.29, 0.717) is 0 Å². The predicted molar refractivity (Wildman–Crippen MR) is 76.9 cm³/mol. The summed E-state index contributed by atoms with van der Waals surface area (Å²) in [6.45, 7) is 0.166. The average molecular weight is 328 g/mol. The zero-order valence-electron chi connectivity index (χ0n) is 12.0. The molecule has 1 saturated heterocycles. The zero-order chi connectivity index (χ0) is 16.3. The molecule has 1 heterocycles. The van der Waals surface area contributed by atoms with Crippen molar-refractivity contribution in [3.05, 3.63) is 34.4 Å². The van der Waals surface area contributed by atoms with E-state index in [1.54, 1.807) is 0 Å². The third-order valence-corrected chi connectivity index (χ3v) is 5.40. The maximum absolute atomic E-state index is 12.6. The molecule has 1 unspecified atom stereocenters. The third-order valence-electron chi connectivity index (χ3n) is 3.52. The van der Waals surface area contributed by atoms with Gasteiger partial charge in [-0.1, -0.05) is 0 Å². The normalized spacial score (nSPS) is 20.6. The van der Waals surface area contributed by atoms with E-state index in [9.17, 15) is 23.3 Å². The van der Waals surface area contributed by atoms with Gasteiger partial charge in [0.25, 0.3) is 5.69 Å². The van der Waals surface area contributed by atoms with Crippen LogP contribution in [0.3, 0.4) is 0 Å².